The highest BCUT2D eigenvalue weighted by Gasteiger charge is 2.26. The summed E-state index contributed by atoms with van der Waals surface area (Å²) in [5.41, 5.74) is 6.91. The normalized spacial score (nSPS) is 21.0. The van der Waals surface area contributed by atoms with Gasteiger partial charge in [-0.05, 0) is 5.56 Å². The zero-order valence-corrected chi connectivity index (χ0v) is 12.0. The lowest BCUT2D eigenvalue weighted by atomic mass is 10.1. The molecule has 1 aromatic carbocycles. The molecule has 3 nitrogen and oxygen atoms in total. The summed E-state index contributed by atoms with van der Waals surface area (Å²) < 4.78 is 0. The van der Waals surface area contributed by atoms with Crippen LogP contribution in [-0.4, -0.2) is 34.9 Å². The first kappa shape index (κ1) is 15.3. The predicted octanol–water partition coefficient (Wildman–Crippen LogP) is 2.07. The molecule has 18 heavy (non-hydrogen) atoms. The first-order valence-corrected chi connectivity index (χ1v) is 6.94. The number of hydrogen-bond acceptors (Lipinski definition) is 3. The van der Waals surface area contributed by atoms with E-state index in [1.807, 2.05) is 47.0 Å². The maximum Gasteiger partial charge on any atom is 0.244 e. The summed E-state index contributed by atoms with van der Waals surface area (Å²) in [7, 11) is 0. The van der Waals surface area contributed by atoms with Gasteiger partial charge in [0.2, 0.25) is 5.91 Å². The van der Waals surface area contributed by atoms with Gasteiger partial charge in [-0.15, -0.1) is 12.4 Å². The molecule has 1 aliphatic heterocycles. The van der Waals surface area contributed by atoms with Crippen molar-refractivity contribution < 1.29 is 4.79 Å². The summed E-state index contributed by atoms with van der Waals surface area (Å²) in [5, 5.41) is 0.510. The number of carbonyl (C=O) groups excluding carboxylic acids is 1. The number of amides is 1. The summed E-state index contributed by atoms with van der Waals surface area (Å²) in [4.78, 5) is 14.1. The number of benzene rings is 1. The van der Waals surface area contributed by atoms with Gasteiger partial charge in [-0.2, -0.15) is 11.8 Å². The average molecular weight is 287 g/mol. The molecule has 0 radical (unpaired) electrons. The van der Waals surface area contributed by atoms with Crippen LogP contribution in [0.1, 0.15) is 18.5 Å². The molecule has 5 heteroatoms. The van der Waals surface area contributed by atoms with E-state index in [-0.39, 0.29) is 18.3 Å². The van der Waals surface area contributed by atoms with Crippen LogP contribution in [0.4, 0.5) is 0 Å². The van der Waals surface area contributed by atoms with E-state index in [2.05, 4.69) is 6.92 Å². The van der Waals surface area contributed by atoms with Crippen molar-refractivity contribution in [2.24, 2.45) is 5.73 Å². The third kappa shape index (κ3) is 3.64. The van der Waals surface area contributed by atoms with E-state index in [0.29, 0.717) is 5.25 Å². The Hall–Kier alpha value is -0.710. The second kappa shape index (κ2) is 7.02. The summed E-state index contributed by atoms with van der Waals surface area (Å²) in [5.74, 6) is 1.05. The molecule has 1 amide bonds. The number of thioether (sulfide) groups is 1. The van der Waals surface area contributed by atoms with Crippen LogP contribution < -0.4 is 5.73 Å². The first-order valence-electron chi connectivity index (χ1n) is 5.89. The van der Waals surface area contributed by atoms with E-state index >= 15 is 0 Å². The SMILES string of the molecule is CC1CN(C(=O)C(N)c2ccccc2)CCS1.Cl. The Kier molecular flexibility index (Phi) is 5.99. The van der Waals surface area contributed by atoms with Crippen molar-refractivity contribution in [2.45, 2.75) is 18.2 Å². The molecule has 2 unspecified atom stereocenters. The minimum atomic E-state index is -0.522. The van der Waals surface area contributed by atoms with Crippen molar-refractivity contribution in [1.82, 2.24) is 4.90 Å². The third-order valence-electron chi connectivity index (χ3n) is 2.98. The molecule has 1 saturated heterocycles. The summed E-state index contributed by atoms with van der Waals surface area (Å²) >= 11 is 1.91. The Morgan fingerprint density at radius 2 is 2.11 bits per heavy atom. The van der Waals surface area contributed by atoms with Crippen molar-refractivity contribution in [3.8, 4) is 0 Å². The van der Waals surface area contributed by atoms with Crippen LogP contribution >= 0.6 is 24.2 Å². The maximum absolute atomic E-state index is 12.2. The van der Waals surface area contributed by atoms with Crippen LogP contribution in [0, 0.1) is 0 Å². The molecule has 2 rings (SSSR count). The zero-order chi connectivity index (χ0) is 12.3. The van der Waals surface area contributed by atoms with Gasteiger partial charge in [-0.3, -0.25) is 4.79 Å². The van der Waals surface area contributed by atoms with E-state index in [9.17, 15) is 4.79 Å². The minimum absolute atomic E-state index is 0. The molecule has 1 aromatic rings. The van der Waals surface area contributed by atoms with Gasteiger partial charge < -0.3 is 10.6 Å². The Morgan fingerprint density at radius 1 is 1.44 bits per heavy atom. The smallest absolute Gasteiger partial charge is 0.244 e. The Bertz CT molecular complexity index is 388. The summed E-state index contributed by atoms with van der Waals surface area (Å²) in [6.45, 7) is 3.77. The number of rotatable bonds is 2. The van der Waals surface area contributed by atoms with Crippen molar-refractivity contribution in [1.29, 1.82) is 0 Å². The highest BCUT2D eigenvalue weighted by Crippen LogP contribution is 2.21. The highest BCUT2D eigenvalue weighted by atomic mass is 35.5. The third-order valence-corrected chi connectivity index (χ3v) is 4.11. The Balaban J connectivity index is 0.00000162. The molecule has 1 aliphatic rings. The molecule has 0 saturated carbocycles. The van der Waals surface area contributed by atoms with E-state index in [4.69, 9.17) is 5.73 Å². The zero-order valence-electron chi connectivity index (χ0n) is 10.4. The van der Waals surface area contributed by atoms with Gasteiger partial charge in [-0.25, -0.2) is 0 Å². The molecule has 1 fully saturated rings. The molecule has 0 spiro atoms. The Labute approximate surface area is 119 Å². The van der Waals surface area contributed by atoms with Crippen molar-refractivity contribution in [3.05, 3.63) is 35.9 Å². The largest absolute Gasteiger partial charge is 0.339 e. The fraction of sp³-hybridized carbons (Fsp3) is 0.462. The van der Waals surface area contributed by atoms with Gasteiger partial charge >= 0.3 is 0 Å². The first-order chi connectivity index (χ1) is 8.18. The maximum atomic E-state index is 12.2. The quantitative estimate of drug-likeness (QED) is 0.905. The molecule has 0 aromatic heterocycles. The number of hydrogen-bond donors (Lipinski definition) is 1. The topological polar surface area (TPSA) is 46.3 Å². The van der Waals surface area contributed by atoms with Gasteiger partial charge in [0.15, 0.2) is 0 Å². The van der Waals surface area contributed by atoms with Crippen molar-refractivity contribution in [3.63, 3.8) is 0 Å². The van der Waals surface area contributed by atoms with Crippen LogP contribution in [0.5, 0.6) is 0 Å². The van der Waals surface area contributed by atoms with Crippen LogP contribution in [-0.2, 0) is 4.79 Å². The Morgan fingerprint density at radius 3 is 2.72 bits per heavy atom. The highest BCUT2D eigenvalue weighted by molar-refractivity contribution is 7.99. The lowest BCUT2D eigenvalue weighted by Crippen LogP contribution is -2.45. The number of carbonyl (C=O) groups is 1. The van der Waals surface area contributed by atoms with Crippen LogP contribution in [0.3, 0.4) is 0 Å². The van der Waals surface area contributed by atoms with E-state index in [0.717, 1.165) is 24.4 Å². The fourth-order valence-corrected chi connectivity index (χ4v) is 3.03. The van der Waals surface area contributed by atoms with E-state index < -0.39 is 6.04 Å². The van der Waals surface area contributed by atoms with E-state index in [1.54, 1.807) is 0 Å². The standard InChI is InChI=1S/C13H18N2OS.ClH/c1-10-9-15(7-8-17-10)13(16)12(14)11-5-3-2-4-6-11;/h2-6,10,12H,7-9,14H2,1H3;1H. The molecule has 0 bridgehead atoms. The van der Waals surface area contributed by atoms with Crippen LogP contribution in [0.25, 0.3) is 0 Å². The number of nitrogens with two attached hydrogens (primary N) is 1. The molecule has 0 aliphatic carbocycles. The minimum Gasteiger partial charge on any atom is -0.339 e. The fourth-order valence-electron chi connectivity index (χ4n) is 2.02. The average Bonchev–Trinajstić information content (AvgIpc) is 2.38. The number of halogens is 1. The number of nitrogens with zero attached hydrogens (tertiary/aromatic N) is 1. The lowest BCUT2D eigenvalue weighted by molar-refractivity contribution is -0.132. The van der Waals surface area contributed by atoms with Gasteiger partial charge in [0.25, 0.3) is 0 Å². The van der Waals surface area contributed by atoms with Gasteiger partial charge in [0.05, 0.1) is 0 Å². The lowest BCUT2D eigenvalue weighted by Gasteiger charge is -2.32. The second-order valence-corrected chi connectivity index (χ2v) is 5.90. The second-order valence-electron chi connectivity index (χ2n) is 4.35. The van der Waals surface area contributed by atoms with Crippen LogP contribution in [0.2, 0.25) is 0 Å². The van der Waals surface area contributed by atoms with Crippen molar-refractivity contribution >= 4 is 30.1 Å². The monoisotopic (exact) mass is 286 g/mol. The summed E-state index contributed by atoms with van der Waals surface area (Å²) in [6.07, 6.45) is 0. The van der Waals surface area contributed by atoms with Gasteiger partial charge in [-0.1, -0.05) is 37.3 Å². The van der Waals surface area contributed by atoms with Gasteiger partial charge in [0.1, 0.15) is 6.04 Å². The molecule has 100 valence electrons. The molecule has 1 heterocycles. The molecular weight excluding hydrogens is 268 g/mol. The van der Waals surface area contributed by atoms with Crippen LogP contribution in [0.15, 0.2) is 30.3 Å². The van der Waals surface area contributed by atoms with Gasteiger partial charge in [0, 0.05) is 24.1 Å². The molecular formula is C13H19ClN2OS. The molecule has 2 N–H and O–H groups in total. The summed E-state index contributed by atoms with van der Waals surface area (Å²) in [6, 6.07) is 9.05. The predicted molar refractivity (Wildman–Crippen MR) is 79.1 cm³/mol. The van der Waals surface area contributed by atoms with E-state index in [1.165, 1.54) is 0 Å². The van der Waals surface area contributed by atoms with Crippen molar-refractivity contribution in [2.75, 3.05) is 18.8 Å². The molecule has 2 atom stereocenters.